The first-order valence-electron chi connectivity index (χ1n) is 5.99. The minimum absolute atomic E-state index is 0.207. The molecule has 0 aliphatic rings. The van der Waals surface area contributed by atoms with Gasteiger partial charge in [0.25, 0.3) is 5.91 Å². The summed E-state index contributed by atoms with van der Waals surface area (Å²) < 4.78 is 7.08. The van der Waals surface area contributed by atoms with Gasteiger partial charge in [0.15, 0.2) is 0 Å². The molecule has 100 valence electrons. The minimum Gasteiger partial charge on any atom is -0.493 e. The summed E-state index contributed by atoms with van der Waals surface area (Å²) in [6, 6.07) is 6.86. The minimum atomic E-state index is -0.565. The predicted octanol–water partition coefficient (Wildman–Crippen LogP) is 1.34. The first kappa shape index (κ1) is 12.9. The lowest BCUT2D eigenvalue weighted by atomic mass is 10.2. The lowest BCUT2D eigenvalue weighted by Gasteiger charge is -2.08. The molecule has 0 aliphatic heterocycles. The van der Waals surface area contributed by atoms with Gasteiger partial charge in [-0.3, -0.25) is 4.79 Å². The van der Waals surface area contributed by atoms with Gasteiger partial charge in [0, 0.05) is 24.0 Å². The normalized spacial score (nSPS) is 10.4. The summed E-state index contributed by atoms with van der Waals surface area (Å²) >= 11 is 0. The Kier molecular flexibility index (Phi) is 3.70. The molecule has 0 fully saturated rings. The van der Waals surface area contributed by atoms with Crippen LogP contribution in [-0.2, 0) is 0 Å². The smallest absolute Gasteiger partial charge is 0.269 e. The quantitative estimate of drug-likeness (QED) is 0.793. The van der Waals surface area contributed by atoms with Crippen LogP contribution in [-0.4, -0.2) is 22.3 Å². The van der Waals surface area contributed by atoms with Crippen LogP contribution in [0.3, 0.4) is 0 Å². The maximum absolute atomic E-state index is 11.0. The molecule has 0 unspecified atom stereocenters. The number of nitrogens with two attached hydrogens (primary N) is 2. The van der Waals surface area contributed by atoms with E-state index in [1.807, 2.05) is 13.0 Å². The van der Waals surface area contributed by atoms with Crippen molar-refractivity contribution in [1.29, 1.82) is 0 Å². The SMILES string of the molecule is CCCOc1cc(N)cc(-n2ccc(C(N)=O)n2)c1. The van der Waals surface area contributed by atoms with Crippen LogP contribution in [0.1, 0.15) is 23.8 Å². The van der Waals surface area contributed by atoms with Crippen molar-refractivity contribution in [2.75, 3.05) is 12.3 Å². The number of nitrogen functional groups attached to an aromatic ring is 1. The van der Waals surface area contributed by atoms with Crippen LogP contribution in [0.2, 0.25) is 0 Å². The number of hydrogen-bond acceptors (Lipinski definition) is 4. The number of hydrogen-bond donors (Lipinski definition) is 2. The first-order valence-corrected chi connectivity index (χ1v) is 5.99. The highest BCUT2D eigenvalue weighted by atomic mass is 16.5. The molecule has 2 rings (SSSR count). The second-order valence-electron chi connectivity index (χ2n) is 4.12. The molecule has 6 nitrogen and oxygen atoms in total. The topological polar surface area (TPSA) is 96.2 Å². The van der Waals surface area contributed by atoms with Crippen LogP contribution in [0.15, 0.2) is 30.5 Å². The maximum atomic E-state index is 11.0. The molecule has 0 atom stereocenters. The number of benzene rings is 1. The molecule has 6 heteroatoms. The molecular formula is C13H16N4O2. The van der Waals surface area contributed by atoms with Crippen LogP contribution in [0.4, 0.5) is 5.69 Å². The van der Waals surface area contributed by atoms with Gasteiger partial charge in [0.1, 0.15) is 11.4 Å². The highest BCUT2D eigenvalue weighted by Crippen LogP contribution is 2.21. The van der Waals surface area contributed by atoms with Crippen molar-refractivity contribution in [2.45, 2.75) is 13.3 Å². The van der Waals surface area contributed by atoms with Crippen LogP contribution in [0, 0.1) is 0 Å². The molecule has 0 saturated heterocycles. The summed E-state index contributed by atoms with van der Waals surface area (Å²) in [5, 5.41) is 4.07. The van der Waals surface area contributed by atoms with Crippen LogP contribution >= 0.6 is 0 Å². The van der Waals surface area contributed by atoms with E-state index < -0.39 is 5.91 Å². The Hall–Kier alpha value is -2.50. The predicted molar refractivity (Wildman–Crippen MR) is 72.3 cm³/mol. The highest BCUT2D eigenvalue weighted by molar-refractivity contribution is 5.90. The van der Waals surface area contributed by atoms with Crippen molar-refractivity contribution in [3.8, 4) is 11.4 Å². The summed E-state index contributed by atoms with van der Waals surface area (Å²) in [6.07, 6.45) is 2.57. The van der Waals surface area contributed by atoms with Crippen LogP contribution in [0.25, 0.3) is 5.69 Å². The third kappa shape index (κ3) is 3.04. The van der Waals surface area contributed by atoms with Gasteiger partial charge in [-0.15, -0.1) is 0 Å². The number of ether oxygens (including phenoxy) is 1. The van der Waals surface area contributed by atoms with E-state index in [2.05, 4.69) is 5.10 Å². The molecule has 4 N–H and O–H groups in total. The van der Waals surface area contributed by atoms with E-state index in [9.17, 15) is 4.79 Å². The molecule has 0 saturated carbocycles. The lowest BCUT2D eigenvalue weighted by molar-refractivity contribution is 0.0995. The molecule has 2 aromatic rings. The van der Waals surface area contributed by atoms with Gasteiger partial charge in [0.05, 0.1) is 12.3 Å². The number of carbonyl (C=O) groups excluding carboxylic acids is 1. The average molecular weight is 260 g/mol. The molecular weight excluding hydrogens is 244 g/mol. The molecule has 1 heterocycles. The Labute approximate surface area is 111 Å². The number of primary amides is 1. The largest absolute Gasteiger partial charge is 0.493 e. The van der Waals surface area contributed by atoms with Gasteiger partial charge < -0.3 is 16.2 Å². The van der Waals surface area contributed by atoms with E-state index >= 15 is 0 Å². The molecule has 1 aromatic heterocycles. The van der Waals surface area contributed by atoms with Gasteiger partial charge in [-0.25, -0.2) is 4.68 Å². The lowest BCUT2D eigenvalue weighted by Crippen LogP contribution is -2.12. The highest BCUT2D eigenvalue weighted by Gasteiger charge is 2.07. The summed E-state index contributed by atoms with van der Waals surface area (Å²) in [5.74, 6) is 0.109. The molecule has 1 amide bonds. The maximum Gasteiger partial charge on any atom is 0.269 e. The number of nitrogens with zero attached hydrogens (tertiary/aromatic N) is 2. The monoisotopic (exact) mass is 260 g/mol. The Morgan fingerprint density at radius 2 is 2.21 bits per heavy atom. The third-order valence-electron chi connectivity index (χ3n) is 2.49. The van der Waals surface area contributed by atoms with E-state index in [1.54, 1.807) is 24.4 Å². The van der Waals surface area contributed by atoms with E-state index in [4.69, 9.17) is 16.2 Å². The molecule has 0 aliphatic carbocycles. The van der Waals surface area contributed by atoms with Crippen molar-refractivity contribution < 1.29 is 9.53 Å². The fraction of sp³-hybridized carbons (Fsp3) is 0.231. The van der Waals surface area contributed by atoms with Gasteiger partial charge in [0.2, 0.25) is 0 Å². The molecule has 0 radical (unpaired) electrons. The van der Waals surface area contributed by atoms with Crippen molar-refractivity contribution in [3.63, 3.8) is 0 Å². The van der Waals surface area contributed by atoms with Gasteiger partial charge in [-0.1, -0.05) is 6.92 Å². The third-order valence-corrected chi connectivity index (χ3v) is 2.49. The van der Waals surface area contributed by atoms with E-state index in [1.165, 1.54) is 4.68 Å². The summed E-state index contributed by atoms with van der Waals surface area (Å²) in [4.78, 5) is 11.0. The van der Waals surface area contributed by atoms with Crippen molar-refractivity contribution in [3.05, 3.63) is 36.2 Å². The Balaban J connectivity index is 2.32. The Morgan fingerprint density at radius 3 is 2.84 bits per heavy atom. The second-order valence-corrected chi connectivity index (χ2v) is 4.12. The number of aromatic nitrogens is 2. The number of amides is 1. The fourth-order valence-electron chi connectivity index (χ4n) is 1.64. The molecule has 19 heavy (non-hydrogen) atoms. The van der Waals surface area contributed by atoms with Gasteiger partial charge in [-0.05, 0) is 18.6 Å². The second kappa shape index (κ2) is 5.43. The Morgan fingerprint density at radius 1 is 1.42 bits per heavy atom. The summed E-state index contributed by atoms with van der Waals surface area (Å²) in [5.41, 5.74) is 12.5. The summed E-state index contributed by atoms with van der Waals surface area (Å²) in [7, 11) is 0. The Bertz CT molecular complexity index is 592. The van der Waals surface area contributed by atoms with E-state index in [-0.39, 0.29) is 5.69 Å². The van der Waals surface area contributed by atoms with Crippen LogP contribution < -0.4 is 16.2 Å². The van der Waals surface area contributed by atoms with Crippen LogP contribution in [0.5, 0.6) is 5.75 Å². The van der Waals surface area contributed by atoms with Crippen molar-refractivity contribution in [2.24, 2.45) is 5.73 Å². The zero-order valence-corrected chi connectivity index (χ0v) is 10.7. The number of carbonyl (C=O) groups is 1. The van der Waals surface area contributed by atoms with Gasteiger partial charge >= 0.3 is 0 Å². The number of rotatable bonds is 5. The standard InChI is InChI=1S/C13H16N4O2/c1-2-5-19-11-7-9(14)6-10(8-11)17-4-3-12(16-17)13(15)18/h3-4,6-8H,2,5,14H2,1H3,(H2,15,18). The molecule has 0 bridgehead atoms. The average Bonchev–Trinajstić information content (AvgIpc) is 2.85. The molecule has 0 spiro atoms. The van der Waals surface area contributed by atoms with Gasteiger partial charge in [-0.2, -0.15) is 5.10 Å². The van der Waals surface area contributed by atoms with E-state index in [0.29, 0.717) is 18.0 Å². The zero-order chi connectivity index (χ0) is 13.8. The van der Waals surface area contributed by atoms with Crippen molar-refractivity contribution in [1.82, 2.24) is 9.78 Å². The first-order chi connectivity index (χ1) is 9.10. The van der Waals surface area contributed by atoms with Crippen molar-refractivity contribution >= 4 is 11.6 Å². The van der Waals surface area contributed by atoms with E-state index in [0.717, 1.165) is 12.1 Å². The fourth-order valence-corrected chi connectivity index (χ4v) is 1.64. The zero-order valence-electron chi connectivity index (χ0n) is 10.7. The summed E-state index contributed by atoms with van der Waals surface area (Å²) in [6.45, 7) is 2.65. The number of anilines is 1. The molecule has 1 aromatic carbocycles.